The summed E-state index contributed by atoms with van der Waals surface area (Å²) in [6.45, 7) is 6.84. The first-order valence-electron chi connectivity index (χ1n) is 9.99. The predicted molar refractivity (Wildman–Crippen MR) is 128 cm³/mol. The molecule has 2 aromatic carbocycles. The number of nitrogens with one attached hydrogen (secondary N) is 1. The zero-order chi connectivity index (χ0) is 21.8. The van der Waals surface area contributed by atoms with Crippen molar-refractivity contribution >= 4 is 34.7 Å². The average Bonchev–Trinajstić information content (AvgIpc) is 3.39. The number of hydrogen-bond donors (Lipinski definition) is 1. The Labute approximate surface area is 189 Å². The van der Waals surface area contributed by atoms with Crippen molar-refractivity contribution in [2.24, 2.45) is 0 Å². The van der Waals surface area contributed by atoms with Gasteiger partial charge in [0.1, 0.15) is 0 Å². The lowest BCUT2D eigenvalue weighted by atomic mass is 10.1. The number of carbonyl (C=O) groups is 1. The molecule has 0 spiro atoms. The third-order valence-corrected chi connectivity index (χ3v) is 6.58. The van der Waals surface area contributed by atoms with E-state index >= 15 is 0 Å². The number of thiazole rings is 1. The molecule has 6 nitrogen and oxygen atoms in total. The molecule has 2 heterocycles. The van der Waals surface area contributed by atoms with Gasteiger partial charge in [-0.2, -0.15) is 0 Å². The van der Waals surface area contributed by atoms with Crippen LogP contribution >= 0.6 is 23.1 Å². The van der Waals surface area contributed by atoms with E-state index in [0.29, 0.717) is 0 Å². The van der Waals surface area contributed by atoms with Gasteiger partial charge in [-0.3, -0.25) is 4.79 Å². The maximum absolute atomic E-state index is 12.5. The normalized spacial score (nSPS) is 10.9. The third kappa shape index (κ3) is 4.86. The van der Waals surface area contributed by atoms with Gasteiger partial charge < -0.3 is 9.88 Å². The van der Waals surface area contributed by atoms with Gasteiger partial charge in [-0.25, -0.2) is 4.98 Å². The van der Waals surface area contributed by atoms with E-state index in [1.807, 2.05) is 59.3 Å². The number of thioether (sulfide) groups is 1. The highest BCUT2D eigenvalue weighted by molar-refractivity contribution is 7.99. The second-order valence-corrected chi connectivity index (χ2v) is 9.04. The lowest BCUT2D eigenvalue weighted by Crippen LogP contribution is -2.14. The molecule has 1 amide bonds. The molecule has 0 radical (unpaired) electrons. The Morgan fingerprint density at radius 3 is 2.55 bits per heavy atom. The number of benzene rings is 2. The van der Waals surface area contributed by atoms with Crippen molar-refractivity contribution in [2.45, 2.75) is 32.5 Å². The fourth-order valence-electron chi connectivity index (χ4n) is 3.25. The van der Waals surface area contributed by atoms with Gasteiger partial charge in [0.05, 0.1) is 16.5 Å². The molecule has 4 aromatic rings. The van der Waals surface area contributed by atoms with E-state index in [1.165, 1.54) is 11.8 Å². The first-order valence-corrected chi connectivity index (χ1v) is 11.9. The van der Waals surface area contributed by atoms with Crippen molar-refractivity contribution in [3.05, 3.63) is 64.5 Å². The van der Waals surface area contributed by atoms with Crippen LogP contribution in [0.5, 0.6) is 0 Å². The van der Waals surface area contributed by atoms with Crippen LogP contribution in [-0.2, 0) is 11.3 Å². The number of aromatic nitrogens is 4. The number of carbonyl (C=O) groups excluding carboxylic acids is 1. The minimum absolute atomic E-state index is 0.0784. The minimum atomic E-state index is -0.0784. The molecule has 0 atom stereocenters. The first kappa shape index (κ1) is 21.3. The van der Waals surface area contributed by atoms with Crippen LogP contribution in [0.2, 0.25) is 0 Å². The predicted octanol–water partition coefficient (Wildman–Crippen LogP) is 5.44. The van der Waals surface area contributed by atoms with Gasteiger partial charge in [0.2, 0.25) is 5.91 Å². The van der Waals surface area contributed by atoms with Gasteiger partial charge in [0.15, 0.2) is 11.0 Å². The van der Waals surface area contributed by atoms with E-state index < -0.39 is 0 Å². The molecule has 0 saturated carbocycles. The Bertz CT molecular complexity index is 1200. The highest BCUT2D eigenvalue weighted by Gasteiger charge is 2.16. The molecule has 0 saturated heterocycles. The maximum Gasteiger partial charge on any atom is 0.234 e. The standard InChI is InChI=1S/C23H23N5OS2/c1-4-28-22(19-8-6-5-7-15(19)2)26-27-23(28)31-14-21(29)25-18-11-9-17(10-12-18)20-13-30-16(3)24-20/h5-13H,4,14H2,1-3H3,(H,25,29). The summed E-state index contributed by atoms with van der Waals surface area (Å²) in [6, 6.07) is 15.9. The second-order valence-electron chi connectivity index (χ2n) is 7.03. The highest BCUT2D eigenvalue weighted by Crippen LogP contribution is 2.27. The summed E-state index contributed by atoms with van der Waals surface area (Å²) in [4.78, 5) is 17.0. The molecule has 0 fully saturated rings. The van der Waals surface area contributed by atoms with Crippen LogP contribution < -0.4 is 5.32 Å². The number of amides is 1. The Morgan fingerprint density at radius 2 is 1.87 bits per heavy atom. The van der Waals surface area contributed by atoms with E-state index in [4.69, 9.17) is 0 Å². The zero-order valence-corrected chi connectivity index (χ0v) is 19.3. The lowest BCUT2D eigenvalue weighted by molar-refractivity contribution is -0.113. The van der Waals surface area contributed by atoms with Crippen LogP contribution in [0.3, 0.4) is 0 Å². The maximum atomic E-state index is 12.5. The van der Waals surface area contributed by atoms with E-state index in [1.54, 1.807) is 11.3 Å². The van der Waals surface area contributed by atoms with Crippen LogP contribution in [0.25, 0.3) is 22.6 Å². The Kier molecular flexibility index (Phi) is 6.48. The van der Waals surface area contributed by atoms with E-state index in [0.717, 1.165) is 50.6 Å². The lowest BCUT2D eigenvalue weighted by Gasteiger charge is -2.09. The van der Waals surface area contributed by atoms with Crippen LogP contribution in [-0.4, -0.2) is 31.4 Å². The summed E-state index contributed by atoms with van der Waals surface area (Å²) in [5.41, 5.74) is 4.97. The SMILES string of the molecule is CCn1c(SCC(=O)Nc2ccc(-c3csc(C)n3)cc2)nnc1-c1ccccc1C. The molecule has 2 aromatic heterocycles. The van der Waals surface area contributed by atoms with E-state index in [9.17, 15) is 4.79 Å². The van der Waals surface area contributed by atoms with Crippen molar-refractivity contribution in [3.8, 4) is 22.6 Å². The Hall–Kier alpha value is -2.97. The van der Waals surface area contributed by atoms with Crippen LogP contribution in [0.1, 0.15) is 17.5 Å². The van der Waals surface area contributed by atoms with Crippen LogP contribution in [0.4, 0.5) is 5.69 Å². The van der Waals surface area contributed by atoms with Gasteiger partial charge in [0, 0.05) is 28.7 Å². The Balaban J connectivity index is 1.39. The molecule has 0 aliphatic rings. The molecule has 0 bridgehead atoms. The fraction of sp³-hybridized carbons (Fsp3) is 0.217. The summed E-state index contributed by atoms with van der Waals surface area (Å²) in [5.74, 6) is 1.01. The molecule has 0 unspecified atom stereocenters. The van der Waals surface area contributed by atoms with Crippen LogP contribution in [0, 0.1) is 13.8 Å². The van der Waals surface area contributed by atoms with E-state index in [2.05, 4.69) is 40.4 Å². The molecule has 0 aliphatic heterocycles. The number of aryl methyl sites for hydroxylation is 2. The topological polar surface area (TPSA) is 72.7 Å². The van der Waals surface area contributed by atoms with Gasteiger partial charge in [-0.15, -0.1) is 21.5 Å². The molecular weight excluding hydrogens is 426 g/mol. The summed E-state index contributed by atoms with van der Waals surface area (Å²) < 4.78 is 2.05. The van der Waals surface area contributed by atoms with Crippen molar-refractivity contribution in [2.75, 3.05) is 11.1 Å². The van der Waals surface area contributed by atoms with Gasteiger partial charge in [0.25, 0.3) is 0 Å². The number of nitrogens with zero attached hydrogens (tertiary/aromatic N) is 4. The first-order chi connectivity index (χ1) is 15.0. The van der Waals surface area contributed by atoms with Gasteiger partial charge in [-0.1, -0.05) is 48.2 Å². The molecular formula is C23H23N5OS2. The molecule has 4 rings (SSSR count). The third-order valence-electron chi connectivity index (χ3n) is 4.83. The summed E-state index contributed by atoms with van der Waals surface area (Å²) in [7, 11) is 0. The van der Waals surface area contributed by atoms with Crippen molar-refractivity contribution in [1.82, 2.24) is 19.7 Å². The largest absolute Gasteiger partial charge is 0.325 e. The smallest absolute Gasteiger partial charge is 0.234 e. The molecule has 31 heavy (non-hydrogen) atoms. The van der Waals surface area contributed by atoms with Crippen molar-refractivity contribution in [3.63, 3.8) is 0 Å². The molecule has 158 valence electrons. The second kappa shape index (κ2) is 9.45. The molecule has 1 N–H and O–H groups in total. The van der Waals surface area contributed by atoms with Crippen molar-refractivity contribution in [1.29, 1.82) is 0 Å². The highest BCUT2D eigenvalue weighted by atomic mass is 32.2. The summed E-state index contributed by atoms with van der Waals surface area (Å²) in [5, 5.41) is 15.5. The number of rotatable bonds is 7. The number of hydrogen-bond acceptors (Lipinski definition) is 6. The average molecular weight is 450 g/mol. The summed E-state index contributed by atoms with van der Waals surface area (Å²) in [6.07, 6.45) is 0. The minimum Gasteiger partial charge on any atom is -0.325 e. The van der Waals surface area contributed by atoms with Crippen LogP contribution in [0.15, 0.2) is 59.1 Å². The fourth-order valence-corrected chi connectivity index (χ4v) is 4.68. The number of anilines is 1. The molecule has 0 aliphatic carbocycles. The molecule has 8 heteroatoms. The zero-order valence-electron chi connectivity index (χ0n) is 17.6. The monoisotopic (exact) mass is 449 g/mol. The van der Waals surface area contributed by atoms with Gasteiger partial charge >= 0.3 is 0 Å². The quantitative estimate of drug-likeness (QED) is 0.381. The Morgan fingerprint density at radius 1 is 1.10 bits per heavy atom. The van der Waals surface area contributed by atoms with Gasteiger partial charge in [-0.05, 0) is 38.5 Å². The van der Waals surface area contributed by atoms with Crippen molar-refractivity contribution < 1.29 is 4.79 Å². The van der Waals surface area contributed by atoms with E-state index in [-0.39, 0.29) is 11.7 Å². The summed E-state index contributed by atoms with van der Waals surface area (Å²) >= 11 is 3.02.